The lowest BCUT2D eigenvalue weighted by atomic mass is 9.86. The highest BCUT2D eigenvalue weighted by Gasteiger charge is 2.49. The predicted octanol–water partition coefficient (Wildman–Crippen LogP) is 2.10. The first kappa shape index (κ1) is 11.4. The number of hydrogen-bond acceptors (Lipinski definition) is 1. The molecule has 0 radical (unpaired) electrons. The summed E-state index contributed by atoms with van der Waals surface area (Å²) in [6.07, 6.45) is 2.88. The molecule has 0 amide bonds. The van der Waals surface area contributed by atoms with E-state index in [1.807, 2.05) is 0 Å². The first-order valence-corrected chi connectivity index (χ1v) is 6.55. The lowest BCUT2D eigenvalue weighted by molar-refractivity contribution is -0.965. The van der Waals surface area contributed by atoms with Gasteiger partial charge >= 0.3 is 0 Å². The number of piperazine rings is 1. The van der Waals surface area contributed by atoms with E-state index in [2.05, 4.69) is 39.6 Å². The monoisotopic (exact) mass is 211 g/mol. The molecule has 3 heterocycles. The van der Waals surface area contributed by atoms with Crippen molar-refractivity contribution < 1.29 is 4.48 Å². The number of fused-ring (bicyclic) bond motifs is 3. The van der Waals surface area contributed by atoms with Crippen molar-refractivity contribution in [2.75, 3.05) is 20.1 Å². The summed E-state index contributed by atoms with van der Waals surface area (Å²) in [5, 5.41) is 0. The maximum Gasteiger partial charge on any atom is 0.102 e. The molecule has 0 aliphatic carbocycles. The molecule has 2 bridgehead atoms. The fourth-order valence-corrected chi connectivity index (χ4v) is 3.58. The SMILES string of the molecule is CC(C)N1C[C@H]2CC[C@@H]1C[N+]2(C)C(C)C. The highest BCUT2D eigenvalue weighted by atomic mass is 15.5. The lowest BCUT2D eigenvalue weighted by Crippen LogP contribution is -2.73. The Bertz CT molecular complexity index is 237. The van der Waals surface area contributed by atoms with Crippen molar-refractivity contribution >= 4 is 0 Å². The molecule has 0 aromatic carbocycles. The second-order valence-corrected chi connectivity index (χ2v) is 6.30. The molecule has 0 aromatic heterocycles. The van der Waals surface area contributed by atoms with Crippen LogP contribution in [-0.2, 0) is 0 Å². The minimum Gasteiger partial charge on any atom is -0.319 e. The molecule has 0 aromatic rings. The molecule has 15 heavy (non-hydrogen) atoms. The van der Waals surface area contributed by atoms with Crippen LogP contribution < -0.4 is 0 Å². The van der Waals surface area contributed by atoms with Gasteiger partial charge < -0.3 is 4.48 Å². The largest absolute Gasteiger partial charge is 0.319 e. The van der Waals surface area contributed by atoms with E-state index in [9.17, 15) is 0 Å². The van der Waals surface area contributed by atoms with Crippen LogP contribution in [0, 0.1) is 0 Å². The Morgan fingerprint density at radius 1 is 1.13 bits per heavy atom. The van der Waals surface area contributed by atoms with Gasteiger partial charge in [-0.3, -0.25) is 4.90 Å². The maximum absolute atomic E-state index is 2.73. The minimum atomic E-state index is 0.735. The van der Waals surface area contributed by atoms with Gasteiger partial charge in [0.05, 0.1) is 32.2 Å². The molecule has 3 aliphatic heterocycles. The van der Waals surface area contributed by atoms with E-state index >= 15 is 0 Å². The zero-order valence-electron chi connectivity index (χ0n) is 11.0. The summed E-state index contributed by atoms with van der Waals surface area (Å²) >= 11 is 0. The molecule has 0 N–H and O–H groups in total. The summed E-state index contributed by atoms with van der Waals surface area (Å²) in [5.41, 5.74) is 0. The van der Waals surface area contributed by atoms with E-state index in [4.69, 9.17) is 0 Å². The Labute approximate surface area is 94.8 Å². The van der Waals surface area contributed by atoms with Crippen LogP contribution in [0.2, 0.25) is 0 Å². The average molecular weight is 211 g/mol. The summed E-state index contributed by atoms with van der Waals surface area (Å²) in [7, 11) is 2.47. The van der Waals surface area contributed by atoms with Gasteiger partial charge in [0.2, 0.25) is 0 Å². The molecule has 88 valence electrons. The van der Waals surface area contributed by atoms with Crippen LogP contribution in [0.1, 0.15) is 40.5 Å². The quantitative estimate of drug-likeness (QED) is 0.632. The van der Waals surface area contributed by atoms with Gasteiger partial charge in [0.1, 0.15) is 6.04 Å². The van der Waals surface area contributed by atoms with Gasteiger partial charge in [-0.1, -0.05) is 0 Å². The number of piperidine rings is 2. The van der Waals surface area contributed by atoms with Gasteiger partial charge in [-0.2, -0.15) is 0 Å². The van der Waals surface area contributed by atoms with Crippen molar-refractivity contribution in [3.63, 3.8) is 0 Å². The zero-order valence-corrected chi connectivity index (χ0v) is 11.0. The molecule has 3 aliphatic rings. The van der Waals surface area contributed by atoms with Gasteiger partial charge in [-0.05, 0) is 34.1 Å². The second-order valence-electron chi connectivity index (χ2n) is 6.30. The molecule has 3 atom stereocenters. The summed E-state index contributed by atoms with van der Waals surface area (Å²) in [4.78, 5) is 2.73. The van der Waals surface area contributed by atoms with Crippen LogP contribution in [0.25, 0.3) is 0 Å². The number of quaternary nitrogens is 1. The Morgan fingerprint density at radius 2 is 1.80 bits per heavy atom. The van der Waals surface area contributed by atoms with Crippen LogP contribution in [-0.4, -0.2) is 53.7 Å². The Kier molecular flexibility index (Phi) is 2.85. The van der Waals surface area contributed by atoms with Crippen molar-refractivity contribution in [3.05, 3.63) is 0 Å². The van der Waals surface area contributed by atoms with Crippen molar-refractivity contribution in [1.82, 2.24) is 4.90 Å². The molecular formula is C13H27N2+. The number of rotatable bonds is 2. The van der Waals surface area contributed by atoms with E-state index < -0.39 is 0 Å². The summed E-state index contributed by atoms with van der Waals surface area (Å²) in [6, 6.07) is 3.26. The molecule has 3 rings (SSSR count). The summed E-state index contributed by atoms with van der Waals surface area (Å²) in [6.45, 7) is 12.2. The normalized spacial score (nSPS) is 41.8. The molecular weight excluding hydrogens is 184 g/mol. The first-order valence-electron chi connectivity index (χ1n) is 6.55. The highest BCUT2D eigenvalue weighted by molar-refractivity contribution is 4.90. The smallest absolute Gasteiger partial charge is 0.102 e. The van der Waals surface area contributed by atoms with E-state index in [1.165, 1.54) is 30.4 Å². The molecule has 3 saturated heterocycles. The van der Waals surface area contributed by atoms with E-state index in [0.29, 0.717) is 0 Å². The molecule has 1 unspecified atom stereocenters. The first-order chi connectivity index (χ1) is 6.95. The lowest BCUT2D eigenvalue weighted by Gasteiger charge is -2.58. The maximum atomic E-state index is 2.73. The highest BCUT2D eigenvalue weighted by Crippen LogP contribution is 2.36. The van der Waals surface area contributed by atoms with Crippen LogP contribution in [0.15, 0.2) is 0 Å². The molecule has 2 nitrogen and oxygen atoms in total. The van der Waals surface area contributed by atoms with E-state index in [1.54, 1.807) is 0 Å². The minimum absolute atomic E-state index is 0.735. The Morgan fingerprint density at radius 3 is 2.20 bits per heavy atom. The molecule has 0 saturated carbocycles. The van der Waals surface area contributed by atoms with Crippen LogP contribution in [0.3, 0.4) is 0 Å². The van der Waals surface area contributed by atoms with Gasteiger partial charge in [0.25, 0.3) is 0 Å². The molecule has 3 fully saturated rings. The number of likely N-dealkylation sites (N-methyl/N-ethyl adjacent to an activating group) is 1. The summed E-state index contributed by atoms with van der Waals surface area (Å²) < 4.78 is 1.31. The standard InChI is InChI=1S/C13H27N2/c1-10(2)14-8-13-7-6-12(14)9-15(13,5)11(3)4/h10-13H,6-9H2,1-5H3/q+1/t12-,13-,15?/m1/s1. The van der Waals surface area contributed by atoms with Gasteiger partial charge in [0.15, 0.2) is 0 Å². The fraction of sp³-hybridized carbons (Fsp3) is 1.00. The third-order valence-corrected chi connectivity index (χ3v) is 5.00. The van der Waals surface area contributed by atoms with Crippen molar-refractivity contribution in [2.24, 2.45) is 0 Å². The average Bonchev–Trinajstić information content (AvgIpc) is 2.17. The zero-order chi connectivity index (χ0) is 11.2. The van der Waals surface area contributed by atoms with Crippen LogP contribution in [0.4, 0.5) is 0 Å². The van der Waals surface area contributed by atoms with Crippen LogP contribution >= 0.6 is 0 Å². The second kappa shape index (κ2) is 3.74. The van der Waals surface area contributed by atoms with Crippen LogP contribution in [0.5, 0.6) is 0 Å². The third kappa shape index (κ3) is 1.72. The molecule has 0 spiro atoms. The van der Waals surface area contributed by atoms with Gasteiger partial charge in [0, 0.05) is 12.5 Å². The van der Waals surface area contributed by atoms with Crippen molar-refractivity contribution in [2.45, 2.75) is 64.7 Å². The van der Waals surface area contributed by atoms with E-state index in [0.717, 1.165) is 24.2 Å². The Balaban J connectivity index is 2.15. The van der Waals surface area contributed by atoms with Gasteiger partial charge in [-0.15, -0.1) is 0 Å². The molecule has 2 heteroatoms. The van der Waals surface area contributed by atoms with E-state index in [-0.39, 0.29) is 0 Å². The van der Waals surface area contributed by atoms with Crippen molar-refractivity contribution in [3.8, 4) is 0 Å². The predicted molar refractivity (Wildman–Crippen MR) is 64.8 cm³/mol. The Hall–Kier alpha value is -0.0800. The topological polar surface area (TPSA) is 3.24 Å². The number of hydrogen-bond donors (Lipinski definition) is 0. The van der Waals surface area contributed by atoms with Crippen molar-refractivity contribution in [1.29, 1.82) is 0 Å². The summed E-state index contributed by atoms with van der Waals surface area (Å²) in [5.74, 6) is 0. The number of nitrogens with zero attached hydrogens (tertiary/aromatic N) is 2. The van der Waals surface area contributed by atoms with Gasteiger partial charge in [-0.25, -0.2) is 0 Å². The third-order valence-electron chi connectivity index (χ3n) is 5.00. The fourth-order valence-electron chi connectivity index (χ4n) is 3.58.